The lowest BCUT2D eigenvalue weighted by molar-refractivity contribution is 0.0527. The van der Waals surface area contributed by atoms with Gasteiger partial charge in [-0.3, -0.25) is 4.68 Å². The molecule has 0 radical (unpaired) electrons. The second-order valence-electron chi connectivity index (χ2n) is 4.38. The molecule has 0 unspecified atom stereocenters. The Morgan fingerprint density at radius 3 is 2.52 bits per heavy atom. The lowest BCUT2D eigenvalue weighted by Crippen LogP contribution is -2.05. The summed E-state index contributed by atoms with van der Waals surface area (Å²) in [5, 5.41) is 4.92. The van der Waals surface area contributed by atoms with Crippen LogP contribution < -0.4 is 0 Å². The molecule has 112 valence electrons. The van der Waals surface area contributed by atoms with Crippen molar-refractivity contribution in [1.82, 2.24) is 14.8 Å². The fraction of sp³-hybridized carbons (Fsp3) is 0.357. The number of aryl methyl sites for hydroxylation is 1. The number of ether oxygens (including phenoxy) is 1. The molecule has 0 atom stereocenters. The molecule has 2 aromatic heterocycles. The van der Waals surface area contributed by atoms with Gasteiger partial charge in [-0.2, -0.15) is 5.10 Å². The summed E-state index contributed by atoms with van der Waals surface area (Å²) in [7, 11) is 0. The predicted molar refractivity (Wildman–Crippen MR) is 81.7 cm³/mol. The second kappa shape index (κ2) is 6.91. The molecule has 0 fully saturated rings. The normalized spacial score (nSPS) is 10.7. The summed E-state index contributed by atoms with van der Waals surface area (Å²) in [5.74, 6) is -0.418. The summed E-state index contributed by atoms with van der Waals surface area (Å²) in [6.45, 7) is 4.80. The molecule has 2 rings (SSSR count). The third-order valence-corrected chi connectivity index (χ3v) is 3.13. The van der Waals surface area contributed by atoms with Gasteiger partial charge < -0.3 is 4.74 Å². The van der Waals surface area contributed by atoms with E-state index in [2.05, 4.69) is 10.1 Å². The van der Waals surface area contributed by atoms with Gasteiger partial charge in [0, 0.05) is 18.3 Å². The van der Waals surface area contributed by atoms with Crippen LogP contribution >= 0.6 is 23.2 Å². The van der Waals surface area contributed by atoms with Gasteiger partial charge >= 0.3 is 5.97 Å². The van der Waals surface area contributed by atoms with E-state index in [-0.39, 0.29) is 10.3 Å². The van der Waals surface area contributed by atoms with Crippen LogP contribution in [-0.4, -0.2) is 27.3 Å². The van der Waals surface area contributed by atoms with Gasteiger partial charge in [-0.25, -0.2) is 9.78 Å². The molecule has 0 aliphatic carbocycles. The largest absolute Gasteiger partial charge is 0.462 e. The Labute approximate surface area is 132 Å². The fourth-order valence-electron chi connectivity index (χ4n) is 1.94. The van der Waals surface area contributed by atoms with Gasteiger partial charge in [0.2, 0.25) is 0 Å². The smallest absolute Gasteiger partial charge is 0.341 e. The number of aromatic nitrogens is 3. The summed E-state index contributed by atoms with van der Waals surface area (Å²) in [4.78, 5) is 16.0. The van der Waals surface area contributed by atoms with E-state index in [9.17, 15) is 4.79 Å². The van der Waals surface area contributed by atoms with E-state index in [1.54, 1.807) is 29.9 Å². The topological polar surface area (TPSA) is 57.0 Å². The zero-order valence-electron chi connectivity index (χ0n) is 11.8. The third kappa shape index (κ3) is 3.74. The summed E-state index contributed by atoms with van der Waals surface area (Å²) in [6.07, 6.45) is 2.58. The van der Waals surface area contributed by atoms with Crippen molar-refractivity contribution < 1.29 is 9.53 Å². The van der Waals surface area contributed by atoms with E-state index in [4.69, 9.17) is 27.9 Å². The van der Waals surface area contributed by atoms with Crippen LogP contribution in [0.25, 0.3) is 11.3 Å². The van der Waals surface area contributed by atoms with Crippen LogP contribution in [0, 0.1) is 0 Å². The minimum absolute atomic E-state index is 0.248. The zero-order valence-corrected chi connectivity index (χ0v) is 13.3. The Morgan fingerprint density at radius 1 is 1.29 bits per heavy atom. The predicted octanol–water partition coefficient (Wildman–Crippen LogP) is 3.84. The quantitative estimate of drug-likeness (QED) is 0.618. The molecule has 7 heteroatoms. The molecule has 0 aromatic carbocycles. The van der Waals surface area contributed by atoms with Crippen LogP contribution in [0.3, 0.4) is 0 Å². The molecule has 0 aliphatic rings. The number of hydrogen-bond donors (Lipinski definition) is 0. The summed E-state index contributed by atoms with van der Waals surface area (Å²) in [5.41, 5.74) is 1.52. The molecule has 2 heterocycles. The second-order valence-corrected chi connectivity index (χ2v) is 5.15. The van der Waals surface area contributed by atoms with Crippen LogP contribution in [0.5, 0.6) is 0 Å². The third-order valence-electron chi connectivity index (χ3n) is 2.75. The average Bonchev–Trinajstić information content (AvgIpc) is 2.82. The molecule has 0 spiro atoms. The Bertz CT molecular complexity index is 635. The van der Waals surface area contributed by atoms with Crippen molar-refractivity contribution in [3.8, 4) is 11.3 Å². The standard InChI is InChI=1S/C14H15Cl2N3O2/c1-3-5-19-8-10(14(20)21-4-2)13(18-19)9-6-11(15)17-12(16)7-9/h6-8H,3-5H2,1-2H3. The van der Waals surface area contributed by atoms with Gasteiger partial charge in [0.1, 0.15) is 21.6 Å². The number of hydrogen-bond acceptors (Lipinski definition) is 4. The summed E-state index contributed by atoms with van der Waals surface area (Å²) >= 11 is 11.8. The van der Waals surface area contributed by atoms with Crippen molar-refractivity contribution in [2.45, 2.75) is 26.8 Å². The molecular formula is C14H15Cl2N3O2. The van der Waals surface area contributed by atoms with Crippen molar-refractivity contribution in [1.29, 1.82) is 0 Å². The maximum Gasteiger partial charge on any atom is 0.341 e. The molecule has 5 nitrogen and oxygen atoms in total. The number of carbonyl (C=O) groups is 1. The Hall–Kier alpha value is -1.59. The van der Waals surface area contributed by atoms with Gasteiger partial charge in [0.15, 0.2) is 0 Å². The van der Waals surface area contributed by atoms with Crippen molar-refractivity contribution in [3.05, 3.63) is 34.2 Å². The minimum Gasteiger partial charge on any atom is -0.462 e. The highest BCUT2D eigenvalue weighted by Crippen LogP contribution is 2.27. The van der Waals surface area contributed by atoms with Gasteiger partial charge in [-0.05, 0) is 25.5 Å². The first-order valence-corrected chi connectivity index (χ1v) is 7.38. The number of rotatable bonds is 5. The van der Waals surface area contributed by atoms with Crippen molar-refractivity contribution in [3.63, 3.8) is 0 Å². The Balaban J connectivity index is 2.51. The monoisotopic (exact) mass is 327 g/mol. The molecule has 0 amide bonds. The SMILES string of the molecule is CCCn1cc(C(=O)OCC)c(-c2cc(Cl)nc(Cl)c2)n1. The summed E-state index contributed by atoms with van der Waals surface area (Å²) < 4.78 is 6.78. The van der Waals surface area contributed by atoms with Crippen molar-refractivity contribution in [2.75, 3.05) is 6.61 Å². The number of esters is 1. The molecular weight excluding hydrogens is 313 g/mol. The van der Waals surface area contributed by atoms with Crippen LogP contribution in [0.15, 0.2) is 18.3 Å². The van der Waals surface area contributed by atoms with E-state index >= 15 is 0 Å². The molecule has 0 bridgehead atoms. The molecule has 0 N–H and O–H groups in total. The minimum atomic E-state index is -0.418. The zero-order chi connectivity index (χ0) is 15.4. The van der Waals surface area contributed by atoms with Crippen molar-refractivity contribution >= 4 is 29.2 Å². The summed E-state index contributed by atoms with van der Waals surface area (Å²) in [6, 6.07) is 3.24. The lowest BCUT2D eigenvalue weighted by Gasteiger charge is -2.03. The van der Waals surface area contributed by atoms with E-state index in [1.165, 1.54) is 0 Å². The van der Waals surface area contributed by atoms with E-state index in [0.29, 0.717) is 30.0 Å². The highest BCUT2D eigenvalue weighted by atomic mass is 35.5. The van der Waals surface area contributed by atoms with Crippen molar-refractivity contribution in [2.24, 2.45) is 0 Å². The van der Waals surface area contributed by atoms with E-state index in [0.717, 1.165) is 6.42 Å². The molecule has 21 heavy (non-hydrogen) atoms. The van der Waals surface area contributed by atoms with Crippen LogP contribution in [0.4, 0.5) is 0 Å². The van der Waals surface area contributed by atoms with Gasteiger partial charge in [-0.1, -0.05) is 30.1 Å². The first-order valence-electron chi connectivity index (χ1n) is 6.63. The first kappa shape index (κ1) is 15.8. The fourth-order valence-corrected chi connectivity index (χ4v) is 2.40. The van der Waals surface area contributed by atoms with Crippen LogP contribution in [0.1, 0.15) is 30.6 Å². The number of halogens is 2. The average molecular weight is 328 g/mol. The number of nitrogens with zero attached hydrogens (tertiary/aromatic N) is 3. The van der Waals surface area contributed by atoms with Gasteiger partial charge in [0.05, 0.1) is 6.61 Å². The Morgan fingerprint density at radius 2 is 1.95 bits per heavy atom. The molecule has 0 saturated heterocycles. The van der Waals surface area contributed by atoms with E-state index < -0.39 is 5.97 Å². The highest BCUT2D eigenvalue weighted by molar-refractivity contribution is 6.32. The molecule has 0 aliphatic heterocycles. The van der Waals surface area contributed by atoms with Crippen LogP contribution in [0.2, 0.25) is 10.3 Å². The number of pyridine rings is 1. The molecule has 2 aromatic rings. The number of carbonyl (C=O) groups excluding carboxylic acids is 1. The van der Waals surface area contributed by atoms with E-state index in [1.807, 2.05) is 6.92 Å². The first-order chi connectivity index (χ1) is 10.0. The molecule has 0 saturated carbocycles. The Kier molecular flexibility index (Phi) is 5.20. The maximum atomic E-state index is 12.1. The van der Waals surface area contributed by atoms with Gasteiger partial charge in [-0.15, -0.1) is 0 Å². The van der Waals surface area contributed by atoms with Gasteiger partial charge in [0.25, 0.3) is 0 Å². The lowest BCUT2D eigenvalue weighted by atomic mass is 10.1. The highest BCUT2D eigenvalue weighted by Gasteiger charge is 2.19. The maximum absolute atomic E-state index is 12.1. The van der Waals surface area contributed by atoms with Crippen LogP contribution in [-0.2, 0) is 11.3 Å².